The highest BCUT2D eigenvalue weighted by Gasteiger charge is 2.34. The topological polar surface area (TPSA) is 41.6 Å². The van der Waals surface area contributed by atoms with Gasteiger partial charge in [-0.15, -0.1) is 0 Å². The molecule has 1 saturated carbocycles. The van der Waals surface area contributed by atoms with Gasteiger partial charge >= 0.3 is 6.09 Å². The quantitative estimate of drug-likeness (QED) is 0.747. The van der Waals surface area contributed by atoms with Gasteiger partial charge in [-0.3, -0.25) is 0 Å². The number of nitrogens with one attached hydrogen (secondary N) is 1. The van der Waals surface area contributed by atoms with Crippen molar-refractivity contribution in [2.45, 2.75) is 58.7 Å². The Morgan fingerprint density at radius 3 is 2.65 bits per heavy atom. The molecule has 1 aliphatic carbocycles. The summed E-state index contributed by atoms with van der Waals surface area (Å²) < 4.78 is 6.63. The van der Waals surface area contributed by atoms with E-state index >= 15 is 0 Å². The summed E-state index contributed by atoms with van der Waals surface area (Å²) in [6.07, 6.45) is 1.98. The molecule has 0 atom stereocenters. The number of nitrogens with zero attached hydrogens (tertiary/aromatic N) is 1. The lowest BCUT2D eigenvalue weighted by Crippen LogP contribution is -2.41. The molecule has 5 heteroatoms. The van der Waals surface area contributed by atoms with Crippen LogP contribution >= 0.6 is 15.9 Å². The number of halogens is 1. The molecule has 23 heavy (non-hydrogen) atoms. The van der Waals surface area contributed by atoms with E-state index in [1.165, 1.54) is 11.1 Å². The van der Waals surface area contributed by atoms with Crippen molar-refractivity contribution >= 4 is 22.0 Å². The first-order chi connectivity index (χ1) is 10.8. The van der Waals surface area contributed by atoms with Crippen LogP contribution in [0.1, 0.15) is 44.7 Å². The third kappa shape index (κ3) is 6.15. The Morgan fingerprint density at radius 2 is 2.09 bits per heavy atom. The van der Waals surface area contributed by atoms with Crippen LogP contribution in [0.4, 0.5) is 4.79 Å². The smallest absolute Gasteiger partial charge is 0.410 e. The molecule has 0 radical (unpaired) electrons. The van der Waals surface area contributed by atoms with Gasteiger partial charge in [-0.05, 0) is 57.7 Å². The van der Waals surface area contributed by atoms with Gasteiger partial charge in [0.1, 0.15) is 5.60 Å². The summed E-state index contributed by atoms with van der Waals surface area (Å²) in [4.78, 5) is 14.1. The van der Waals surface area contributed by atoms with Gasteiger partial charge in [0.05, 0.1) is 0 Å². The fourth-order valence-electron chi connectivity index (χ4n) is 2.38. The van der Waals surface area contributed by atoms with Crippen molar-refractivity contribution in [2.24, 2.45) is 0 Å². The number of aryl methyl sites for hydroxylation is 1. The molecule has 1 aromatic rings. The number of benzene rings is 1. The number of hydrogen-bond acceptors (Lipinski definition) is 3. The van der Waals surface area contributed by atoms with E-state index in [0.29, 0.717) is 12.6 Å². The molecule has 1 aliphatic rings. The van der Waals surface area contributed by atoms with Crippen LogP contribution in [-0.4, -0.2) is 35.7 Å². The summed E-state index contributed by atoms with van der Waals surface area (Å²) in [6.45, 7) is 10.1. The number of amides is 1. The largest absolute Gasteiger partial charge is 0.444 e. The first-order valence-corrected chi connectivity index (χ1v) is 9.01. The van der Waals surface area contributed by atoms with Gasteiger partial charge in [0.15, 0.2) is 0 Å². The van der Waals surface area contributed by atoms with E-state index in [0.717, 1.165) is 30.4 Å². The van der Waals surface area contributed by atoms with Crippen molar-refractivity contribution in [1.29, 1.82) is 0 Å². The Balaban J connectivity index is 1.78. The minimum Gasteiger partial charge on any atom is -0.444 e. The summed E-state index contributed by atoms with van der Waals surface area (Å²) >= 11 is 3.51. The number of ether oxygens (including phenoxy) is 1. The third-order valence-corrected chi connectivity index (χ3v) is 4.59. The Labute approximate surface area is 147 Å². The number of rotatable bonds is 6. The highest BCUT2D eigenvalue weighted by Crippen LogP contribution is 2.28. The normalized spacial score (nSPS) is 14.7. The molecule has 0 saturated heterocycles. The van der Waals surface area contributed by atoms with Crippen LogP contribution in [0.15, 0.2) is 22.7 Å². The zero-order valence-corrected chi connectivity index (χ0v) is 16.1. The molecule has 0 aliphatic heterocycles. The van der Waals surface area contributed by atoms with E-state index in [1.807, 2.05) is 25.7 Å². The van der Waals surface area contributed by atoms with Crippen molar-refractivity contribution < 1.29 is 9.53 Å². The molecule has 2 rings (SSSR count). The lowest BCUT2D eigenvalue weighted by atomic mass is 10.1. The van der Waals surface area contributed by atoms with Crippen molar-refractivity contribution in [1.82, 2.24) is 10.2 Å². The molecule has 0 unspecified atom stereocenters. The molecule has 0 heterocycles. The Bertz CT molecular complexity index is 550. The van der Waals surface area contributed by atoms with Gasteiger partial charge in [-0.2, -0.15) is 0 Å². The average molecular weight is 383 g/mol. The summed E-state index contributed by atoms with van der Waals surface area (Å²) in [5, 5.41) is 3.41. The van der Waals surface area contributed by atoms with Crippen molar-refractivity contribution in [3.8, 4) is 0 Å². The maximum absolute atomic E-state index is 12.3. The molecule has 1 aromatic carbocycles. The number of carbonyl (C=O) groups excluding carboxylic acids is 1. The third-order valence-electron chi connectivity index (χ3n) is 3.70. The standard InChI is InChI=1S/C18H27BrN2O2/c1-13-11-14(5-8-16(13)19)12-20-9-10-21(15-6-7-15)17(22)23-18(2,3)4/h5,8,11,15,20H,6-7,9-10,12H2,1-4H3. The zero-order valence-electron chi connectivity index (χ0n) is 14.5. The first kappa shape index (κ1) is 18.3. The Kier molecular flexibility index (Phi) is 6.09. The minimum atomic E-state index is -0.438. The highest BCUT2D eigenvalue weighted by atomic mass is 79.9. The zero-order chi connectivity index (χ0) is 17.0. The molecule has 1 N–H and O–H groups in total. The lowest BCUT2D eigenvalue weighted by Gasteiger charge is -2.27. The van der Waals surface area contributed by atoms with E-state index in [1.54, 1.807) is 0 Å². The van der Waals surface area contributed by atoms with Crippen LogP contribution in [0, 0.1) is 6.92 Å². The minimum absolute atomic E-state index is 0.193. The second kappa shape index (κ2) is 7.67. The van der Waals surface area contributed by atoms with Gasteiger partial charge in [-0.1, -0.05) is 28.1 Å². The average Bonchev–Trinajstić information content (AvgIpc) is 3.25. The van der Waals surface area contributed by atoms with E-state index in [2.05, 4.69) is 46.4 Å². The molecule has 0 bridgehead atoms. The summed E-state index contributed by atoms with van der Waals surface area (Å²) in [6, 6.07) is 6.71. The second-order valence-electron chi connectivity index (χ2n) is 7.17. The van der Waals surface area contributed by atoms with E-state index in [4.69, 9.17) is 4.74 Å². The summed E-state index contributed by atoms with van der Waals surface area (Å²) in [7, 11) is 0. The van der Waals surface area contributed by atoms with E-state index < -0.39 is 5.60 Å². The molecule has 1 fully saturated rings. The predicted molar refractivity (Wildman–Crippen MR) is 96.5 cm³/mol. The van der Waals surface area contributed by atoms with Crippen LogP contribution in [-0.2, 0) is 11.3 Å². The molecule has 128 valence electrons. The monoisotopic (exact) mass is 382 g/mol. The van der Waals surface area contributed by atoms with E-state index in [9.17, 15) is 4.79 Å². The molecular weight excluding hydrogens is 356 g/mol. The van der Waals surface area contributed by atoms with Crippen LogP contribution in [0.25, 0.3) is 0 Å². The molecule has 0 spiro atoms. The maximum atomic E-state index is 12.3. The maximum Gasteiger partial charge on any atom is 0.410 e. The lowest BCUT2D eigenvalue weighted by molar-refractivity contribution is 0.0236. The van der Waals surface area contributed by atoms with Gasteiger partial charge in [0.2, 0.25) is 0 Å². The number of hydrogen-bond donors (Lipinski definition) is 1. The predicted octanol–water partition coefficient (Wildman–Crippen LogP) is 4.25. The molecule has 4 nitrogen and oxygen atoms in total. The van der Waals surface area contributed by atoms with E-state index in [-0.39, 0.29) is 6.09 Å². The Hall–Kier alpha value is -1.07. The molecular formula is C18H27BrN2O2. The second-order valence-corrected chi connectivity index (χ2v) is 8.02. The van der Waals surface area contributed by atoms with Crippen LogP contribution < -0.4 is 5.32 Å². The van der Waals surface area contributed by atoms with Crippen molar-refractivity contribution in [3.05, 3.63) is 33.8 Å². The fraction of sp³-hybridized carbons (Fsp3) is 0.611. The number of carbonyl (C=O) groups is 1. The summed E-state index contributed by atoms with van der Waals surface area (Å²) in [5.74, 6) is 0. The van der Waals surface area contributed by atoms with Crippen molar-refractivity contribution in [2.75, 3.05) is 13.1 Å². The van der Waals surface area contributed by atoms with Gasteiger partial charge < -0.3 is 15.0 Å². The van der Waals surface area contributed by atoms with Crippen molar-refractivity contribution in [3.63, 3.8) is 0 Å². The summed E-state index contributed by atoms with van der Waals surface area (Å²) in [5.41, 5.74) is 2.05. The first-order valence-electron chi connectivity index (χ1n) is 8.21. The van der Waals surface area contributed by atoms with Gasteiger partial charge in [-0.25, -0.2) is 4.79 Å². The fourth-order valence-corrected chi connectivity index (χ4v) is 2.63. The molecule has 0 aromatic heterocycles. The van der Waals surface area contributed by atoms with Crippen LogP contribution in [0.2, 0.25) is 0 Å². The Morgan fingerprint density at radius 1 is 1.39 bits per heavy atom. The van der Waals surface area contributed by atoms with Crippen LogP contribution in [0.5, 0.6) is 0 Å². The molecule has 1 amide bonds. The SMILES string of the molecule is Cc1cc(CNCCN(C(=O)OC(C)(C)C)C2CC2)ccc1Br. The van der Waals surface area contributed by atoms with Crippen LogP contribution in [0.3, 0.4) is 0 Å². The highest BCUT2D eigenvalue weighted by molar-refractivity contribution is 9.10. The van der Waals surface area contributed by atoms with Gasteiger partial charge in [0.25, 0.3) is 0 Å². The van der Waals surface area contributed by atoms with Gasteiger partial charge in [0, 0.05) is 30.1 Å².